The maximum atomic E-state index is 6.52. The van der Waals surface area contributed by atoms with Gasteiger partial charge >= 0.3 is 0 Å². The quantitative estimate of drug-likeness (QED) is 0.313. The molecule has 0 aliphatic rings. The summed E-state index contributed by atoms with van der Waals surface area (Å²) in [6, 6.07) is 13.3. The molecule has 2 aromatic heterocycles. The fourth-order valence-electron chi connectivity index (χ4n) is 2.67. The largest absolute Gasteiger partial charge is 0.494 e. The van der Waals surface area contributed by atoms with Gasteiger partial charge in [-0.05, 0) is 42.8 Å². The van der Waals surface area contributed by atoms with Gasteiger partial charge in [-0.3, -0.25) is 0 Å². The van der Waals surface area contributed by atoms with E-state index in [1.807, 2.05) is 42.5 Å². The van der Waals surface area contributed by atoms with Gasteiger partial charge in [0.15, 0.2) is 0 Å². The van der Waals surface area contributed by atoms with Crippen LogP contribution in [-0.2, 0) is 0 Å². The van der Waals surface area contributed by atoms with Crippen LogP contribution in [0.25, 0.3) is 32.3 Å². The summed E-state index contributed by atoms with van der Waals surface area (Å²) < 4.78 is 12.5. The Labute approximate surface area is 170 Å². The van der Waals surface area contributed by atoms with E-state index in [2.05, 4.69) is 17.1 Å². The molecule has 7 heteroatoms. The molecule has 27 heavy (non-hydrogen) atoms. The first kappa shape index (κ1) is 18.3. The molecule has 138 valence electrons. The van der Waals surface area contributed by atoms with E-state index in [0.717, 1.165) is 39.1 Å². The minimum Gasteiger partial charge on any atom is -0.494 e. The Morgan fingerprint density at radius 1 is 1.04 bits per heavy atom. The molecule has 0 unspecified atom stereocenters. The molecule has 0 atom stereocenters. The van der Waals surface area contributed by atoms with E-state index in [0.29, 0.717) is 28.4 Å². The second-order valence-electron chi connectivity index (χ2n) is 6.00. The van der Waals surface area contributed by atoms with Gasteiger partial charge < -0.3 is 9.15 Å². The summed E-state index contributed by atoms with van der Waals surface area (Å²) in [6.07, 6.45) is 2.14. The van der Waals surface area contributed by atoms with Crippen LogP contribution in [0.2, 0.25) is 10.0 Å². The summed E-state index contributed by atoms with van der Waals surface area (Å²) in [5.74, 6) is 1.65. The summed E-state index contributed by atoms with van der Waals surface area (Å²) in [4.78, 5) is 0.720. The summed E-state index contributed by atoms with van der Waals surface area (Å²) in [5.41, 5.74) is 0.826. The van der Waals surface area contributed by atoms with E-state index in [-0.39, 0.29) is 0 Å². The SMILES string of the molecule is CCCCOc1ccc(-c2nnc(-c3sc4cccc(Cl)c4c3Cl)o2)cc1. The van der Waals surface area contributed by atoms with Crippen molar-refractivity contribution in [1.29, 1.82) is 0 Å². The standard InChI is InChI=1S/C20H16Cl2N2O2S/c1-2-3-11-25-13-9-7-12(8-10-13)19-23-24-20(26-19)18-17(22)16-14(21)5-4-6-15(16)27-18/h4-10H,2-3,11H2,1H3. The molecule has 0 N–H and O–H groups in total. The van der Waals surface area contributed by atoms with Crippen LogP contribution in [-0.4, -0.2) is 16.8 Å². The first-order chi connectivity index (χ1) is 13.2. The monoisotopic (exact) mass is 418 g/mol. The normalized spacial score (nSPS) is 11.2. The Bertz CT molecular complexity index is 1070. The molecule has 0 amide bonds. The molecular weight excluding hydrogens is 403 g/mol. The van der Waals surface area contributed by atoms with Crippen LogP contribution in [0.5, 0.6) is 5.75 Å². The zero-order valence-electron chi connectivity index (χ0n) is 14.5. The van der Waals surface area contributed by atoms with Crippen molar-refractivity contribution in [3.8, 4) is 28.0 Å². The number of fused-ring (bicyclic) bond motifs is 1. The number of thiophene rings is 1. The second kappa shape index (κ2) is 7.89. The number of aromatic nitrogens is 2. The Hall–Kier alpha value is -2.08. The fourth-order valence-corrected chi connectivity index (χ4v) is 4.54. The molecule has 0 spiro atoms. The summed E-state index contributed by atoms with van der Waals surface area (Å²) in [6.45, 7) is 2.85. The highest BCUT2D eigenvalue weighted by atomic mass is 35.5. The zero-order valence-corrected chi connectivity index (χ0v) is 16.9. The minimum absolute atomic E-state index is 0.385. The molecule has 0 radical (unpaired) electrons. The summed E-state index contributed by atoms with van der Waals surface area (Å²) >= 11 is 14.3. The first-order valence-electron chi connectivity index (χ1n) is 8.61. The number of unbranched alkanes of at least 4 members (excludes halogenated alkanes) is 1. The third kappa shape index (κ3) is 3.68. The summed E-state index contributed by atoms with van der Waals surface area (Å²) in [5, 5.41) is 10.3. The van der Waals surface area contributed by atoms with E-state index in [1.165, 1.54) is 11.3 Å². The Balaban J connectivity index is 1.61. The lowest BCUT2D eigenvalue weighted by molar-refractivity contribution is 0.309. The Kier molecular flexibility index (Phi) is 5.34. The van der Waals surface area contributed by atoms with Gasteiger partial charge in [0.25, 0.3) is 5.89 Å². The highest BCUT2D eigenvalue weighted by Gasteiger charge is 2.19. The Morgan fingerprint density at radius 2 is 1.81 bits per heavy atom. The average molecular weight is 419 g/mol. The van der Waals surface area contributed by atoms with E-state index in [9.17, 15) is 0 Å². The maximum absolute atomic E-state index is 6.52. The molecule has 0 bridgehead atoms. The first-order valence-corrected chi connectivity index (χ1v) is 10.2. The van der Waals surface area contributed by atoms with Crippen molar-refractivity contribution in [2.45, 2.75) is 19.8 Å². The lowest BCUT2D eigenvalue weighted by Crippen LogP contribution is -1.95. The molecule has 2 heterocycles. The van der Waals surface area contributed by atoms with Crippen LogP contribution in [0, 0.1) is 0 Å². The Morgan fingerprint density at radius 3 is 2.56 bits per heavy atom. The molecule has 0 aliphatic carbocycles. The number of benzene rings is 2. The molecule has 4 rings (SSSR count). The lowest BCUT2D eigenvalue weighted by atomic mass is 10.2. The zero-order chi connectivity index (χ0) is 18.8. The van der Waals surface area contributed by atoms with Gasteiger partial charge in [0.05, 0.1) is 16.7 Å². The number of hydrogen-bond donors (Lipinski definition) is 0. The van der Waals surface area contributed by atoms with Gasteiger partial charge in [0.2, 0.25) is 5.89 Å². The van der Waals surface area contributed by atoms with Crippen LogP contribution in [0.1, 0.15) is 19.8 Å². The van der Waals surface area contributed by atoms with E-state index >= 15 is 0 Å². The topological polar surface area (TPSA) is 48.2 Å². The predicted octanol–water partition coefficient (Wildman–Crippen LogP) is 7.10. The average Bonchev–Trinajstić information content (AvgIpc) is 3.28. The maximum Gasteiger partial charge on any atom is 0.259 e. The number of hydrogen-bond acceptors (Lipinski definition) is 5. The van der Waals surface area contributed by atoms with Gasteiger partial charge in [-0.25, -0.2) is 0 Å². The van der Waals surface area contributed by atoms with Gasteiger partial charge in [-0.1, -0.05) is 42.6 Å². The van der Waals surface area contributed by atoms with Crippen LogP contribution in [0.3, 0.4) is 0 Å². The number of rotatable bonds is 6. The molecule has 0 saturated carbocycles. The molecule has 4 nitrogen and oxygen atoms in total. The van der Waals surface area contributed by atoms with Crippen LogP contribution >= 0.6 is 34.5 Å². The van der Waals surface area contributed by atoms with Crippen LogP contribution < -0.4 is 4.74 Å². The lowest BCUT2D eigenvalue weighted by Gasteiger charge is -2.05. The van der Waals surface area contributed by atoms with Crippen molar-refractivity contribution in [3.05, 3.63) is 52.5 Å². The van der Waals surface area contributed by atoms with Crippen molar-refractivity contribution < 1.29 is 9.15 Å². The van der Waals surface area contributed by atoms with E-state index in [4.69, 9.17) is 32.4 Å². The van der Waals surface area contributed by atoms with Gasteiger partial charge in [-0.2, -0.15) is 0 Å². The molecular formula is C20H16Cl2N2O2S. The second-order valence-corrected chi connectivity index (χ2v) is 7.83. The molecule has 0 aliphatic heterocycles. The number of halogens is 2. The summed E-state index contributed by atoms with van der Waals surface area (Å²) in [7, 11) is 0. The van der Waals surface area contributed by atoms with E-state index < -0.39 is 0 Å². The van der Waals surface area contributed by atoms with Crippen LogP contribution in [0.15, 0.2) is 46.9 Å². The smallest absolute Gasteiger partial charge is 0.259 e. The van der Waals surface area contributed by atoms with E-state index in [1.54, 1.807) is 0 Å². The van der Waals surface area contributed by atoms with Crippen molar-refractivity contribution in [2.75, 3.05) is 6.61 Å². The molecule has 2 aromatic carbocycles. The highest BCUT2D eigenvalue weighted by molar-refractivity contribution is 7.23. The minimum atomic E-state index is 0.385. The third-order valence-electron chi connectivity index (χ3n) is 4.09. The van der Waals surface area contributed by atoms with Crippen molar-refractivity contribution in [1.82, 2.24) is 10.2 Å². The van der Waals surface area contributed by atoms with Crippen molar-refractivity contribution in [2.24, 2.45) is 0 Å². The fraction of sp³-hybridized carbons (Fsp3) is 0.200. The van der Waals surface area contributed by atoms with Crippen LogP contribution in [0.4, 0.5) is 0 Å². The van der Waals surface area contributed by atoms with Crippen molar-refractivity contribution in [3.63, 3.8) is 0 Å². The molecule has 0 fully saturated rings. The van der Waals surface area contributed by atoms with Gasteiger partial charge in [0.1, 0.15) is 10.6 Å². The third-order valence-corrected chi connectivity index (χ3v) is 6.04. The molecule has 4 aromatic rings. The van der Waals surface area contributed by atoms with Gasteiger partial charge in [-0.15, -0.1) is 21.5 Å². The number of nitrogens with zero attached hydrogens (tertiary/aromatic N) is 2. The van der Waals surface area contributed by atoms with Gasteiger partial charge in [0, 0.05) is 15.6 Å². The molecule has 0 saturated heterocycles. The predicted molar refractivity (Wildman–Crippen MR) is 111 cm³/mol. The number of ether oxygens (including phenoxy) is 1. The van der Waals surface area contributed by atoms with Crippen molar-refractivity contribution >= 4 is 44.6 Å². The highest BCUT2D eigenvalue weighted by Crippen LogP contribution is 2.44.